The number of aliphatic hydroxyl groups excluding tert-OH is 1. The van der Waals surface area contributed by atoms with Crippen molar-refractivity contribution in [1.29, 1.82) is 0 Å². The molecule has 164 valence electrons. The summed E-state index contributed by atoms with van der Waals surface area (Å²) in [6, 6.07) is 13.9. The first-order valence-electron chi connectivity index (χ1n) is 10.1. The van der Waals surface area contributed by atoms with Gasteiger partial charge in [0.1, 0.15) is 6.33 Å². The van der Waals surface area contributed by atoms with Gasteiger partial charge < -0.3 is 10.2 Å². The minimum atomic E-state index is -1.16. The SMILES string of the molecule is O=C(O)[C@@H](CCN1C(=O)c2ccccc2C1=O)[C@H](O)CCc1ccc(-n2cnnn2)cc1. The van der Waals surface area contributed by atoms with Gasteiger partial charge in [0.05, 0.1) is 28.8 Å². The van der Waals surface area contributed by atoms with Crippen molar-refractivity contribution in [2.45, 2.75) is 25.4 Å². The van der Waals surface area contributed by atoms with Gasteiger partial charge in [-0.2, -0.15) is 0 Å². The summed E-state index contributed by atoms with van der Waals surface area (Å²) in [5.74, 6) is -3.14. The van der Waals surface area contributed by atoms with Crippen LogP contribution in [0.5, 0.6) is 0 Å². The van der Waals surface area contributed by atoms with Crippen LogP contribution in [0.1, 0.15) is 39.1 Å². The first-order valence-corrected chi connectivity index (χ1v) is 10.1. The fourth-order valence-electron chi connectivity index (χ4n) is 3.80. The molecule has 0 spiro atoms. The van der Waals surface area contributed by atoms with Gasteiger partial charge in [-0.25, -0.2) is 4.68 Å². The van der Waals surface area contributed by atoms with Crippen molar-refractivity contribution in [1.82, 2.24) is 25.1 Å². The number of aryl methyl sites for hydroxylation is 1. The van der Waals surface area contributed by atoms with Crippen LogP contribution in [0, 0.1) is 5.92 Å². The van der Waals surface area contributed by atoms with Crippen LogP contribution in [-0.2, 0) is 11.2 Å². The number of rotatable bonds is 9. The summed E-state index contributed by atoms with van der Waals surface area (Å²) in [7, 11) is 0. The topological polar surface area (TPSA) is 139 Å². The number of fused-ring (bicyclic) bond motifs is 1. The molecule has 2 N–H and O–H groups in total. The number of carboxylic acids is 1. The highest BCUT2D eigenvalue weighted by Crippen LogP contribution is 2.24. The molecule has 1 aromatic heterocycles. The van der Waals surface area contributed by atoms with Crippen molar-refractivity contribution < 1.29 is 24.6 Å². The molecule has 2 amide bonds. The molecule has 0 unspecified atom stereocenters. The van der Waals surface area contributed by atoms with Gasteiger partial charge in [-0.15, -0.1) is 5.10 Å². The van der Waals surface area contributed by atoms with E-state index in [0.717, 1.165) is 16.2 Å². The Morgan fingerprint density at radius 3 is 2.19 bits per heavy atom. The van der Waals surface area contributed by atoms with Gasteiger partial charge in [-0.05, 0) is 59.5 Å². The summed E-state index contributed by atoms with van der Waals surface area (Å²) in [5.41, 5.74) is 2.33. The predicted octanol–water partition coefficient (Wildman–Crippen LogP) is 1.34. The highest BCUT2D eigenvalue weighted by atomic mass is 16.4. The van der Waals surface area contributed by atoms with Crippen molar-refractivity contribution in [2.75, 3.05) is 6.54 Å². The van der Waals surface area contributed by atoms with Gasteiger partial charge in [-0.1, -0.05) is 24.3 Å². The first kappa shape index (κ1) is 21.3. The smallest absolute Gasteiger partial charge is 0.309 e. The summed E-state index contributed by atoms with van der Waals surface area (Å²) in [5, 5.41) is 31.1. The molecule has 0 aliphatic carbocycles. The van der Waals surface area contributed by atoms with Crippen LogP contribution in [0.15, 0.2) is 54.9 Å². The number of nitrogens with zero attached hydrogens (tertiary/aromatic N) is 5. The lowest BCUT2D eigenvalue weighted by molar-refractivity contribution is -0.146. The van der Waals surface area contributed by atoms with E-state index in [-0.39, 0.29) is 19.4 Å². The Balaban J connectivity index is 1.34. The second kappa shape index (κ2) is 9.06. The molecule has 2 atom stereocenters. The third-order valence-corrected chi connectivity index (χ3v) is 5.60. The summed E-state index contributed by atoms with van der Waals surface area (Å²) in [6.45, 7) is -0.0684. The van der Waals surface area contributed by atoms with Gasteiger partial charge in [-0.3, -0.25) is 19.3 Å². The van der Waals surface area contributed by atoms with Crippen molar-refractivity contribution in [3.05, 3.63) is 71.5 Å². The molecular weight excluding hydrogens is 414 g/mol. The maximum atomic E-state index is 12.5. The second-order valence-corrected chi connectivity index (χ2v) is 7.57. The standard InChI is InChI=1S/C22H21N5O5/c28-19(10-7-14-5-8-15(9-6-14)27-13-23-24-25-27)18(22(31)32)11-12-26-20(29)16-3-1-2-4-17(16)21(26)30/h1-6,8-9,13,18-19,28H,7,10-12H2,(H,31,32)/t18-,19+/m0/s1. The largest absolute Gasteiger partial charge is 0.481 e. The normalized spacial score (nSPS) is 15.0. The maximum absolute atomic E-state index is 12.5. The first-order chi connectivity index (χ1) is 15.5. The number of benzene rings is 2. The number of amides is 2. The summed E-state index contributed by atoms with van der Waals surface area (Å²) >= 11 is 0. The number of aromatic nitrogens is 4. The van der Waals surface area contributed by atoms with Gasteiger partial charge in [0.25, 0.3) is 11.8 Å². The summed E-state index contributed by atoms with van der Waals surface area (Å²) in [4.78, 5) is 37.7. The van der Waals surface area contributed by atoms with E-state index >= 15 is 0 Å². The van der Waals surface area contributed by atoms with E-state index in [9.17, 15) is 24.6 Å². The van der Waals surface area contributed by atoms with Crippen molar-refractivity contribution in [2.24, 2.45) is 5.92 Å². The molecular formula is C22H21N5O5. The molecule has 0 fully saturated rings. The highest BCUT2D eigenvalue weighted by Gasteiger charge is 2.36. The molecule has 2 heterocycles. The number of carboxylic acid groups (broad SMARTS) is 1. The van der Waals surface area contributed by atoms with Crippen molar-refractivity contribution >= 4 is 17.8 Å². The highest BCUT2D eigenvalue weighted by molar-refractivity contribution is 6.21. The van der Waals surface area contributed by atoms with Crippen LogP contribution < -0.4 is 0 Å². The Bertz CT molecular complexity index is 1090. The van der Waals surface area contributed by atoms with Gasteiger partial charge in [0, 0.05) is 6.54 Å². The zero-order valence-corrected chi connectivity index (χ0v) is 17.0. The van der Waals surface area contributed by atoms with E-state index in [1.54, 1.807) is 24.3 Å². The molecule has 2 aromatic carbocycles. The van der Waals surface area contributed by atoms with Crippen molar-refractivity contribution in [3.63, 3.8) is 0 Å². The van der Waals surface area contributed by atoms with Crippen LogP contribution in [0.25, 0.3) is 5.69 Å². The average Bonchev–Trinajstić information content (AvgIpc) is 3.42. The van der Waals surface area contributed by atoms with Crippen LogP contribution >= 0.6 is 0 Å². The molecule has 1 aliphatic heterocycles. The van der Waals surface area contributed by atoms with E-state index in [1.165, 1.54) is 11.0 Å². The zero-order chi connectivity index (χ0) is 22.7. The third-order valence-electron chi connectivity index (χ3n) is 5.60. The quantitative estimate of drug-likeness (QED) is 0.480. The number of carbonyl (C=O) groups is 3. The number of aliphatic carboxylic acids is 1. The Labute approximate surface area is 183 Å². The molecule has 0 bridgehead atoms. The zero-order valence-electron chi connectivity index (χ0n) is 17.0. The second-order valence-electron chi connectivity index (χ2n) is 7.57. The monoisotopic (exact) mass is 435 g/mol. The van der Waals surface area contributed by atoms with Crippen LogP contribution in [-0.4, -0.2) is 65.8 Å². The van der Waals surface area contributed by atoms with Crippen molar-refractivity contribution in [3.8, 4) is 5.69 Å². The van der Waals surface area contributed by atoms with Gasteiger partial charge in [0.15, 0.2) is 0 Å². The van der Waals surface area contributed by atoms with E-state index in [0.29, 0.717) is 17.5 Å². The molecule has 1 aliphatic rings. The van der Waals surface area contributed by atoms with Gasteiger partial charge in [0.2, 0.25) is 0 Å². The van der Waals surface area contributed by atoms with Crippen LogP contribution in [0.2, 0.25) is 0 Å². The fourth-order valence-corrected chi connectivity index (χ4v) is 3.80. The summed E-state index contributed by atoms with van der Waals surface area (Å²) in [6.07, 6.45) is 1.02. The van der Waals surface area contributed by atoms with E-state index in [4.69, 9.17) is 0 Å². The molecule has 0 saturated carbocycles. The van der Waals surface area contributed by atoms with E-state index in [2.05, 4.69) is 15.5 Å². The van der Waals surface area contributed by atoms with Gasteiger partial charge >= 0.3 is 5.97 Å². The molecule has 4 rings (SSSR count). The number of hydrogen-bond donors (Lipinski definition) is 2. The molecule has 10 nitrogen and oxygen atoms in total. The molecule has 0 saturated heterocycles. The number of aliphatic hydroxyl groups is 1. The Morgan fingerprint density at radius 1 is 0.969 bits per heavy atom. The van der Waals surface area contributed by atoms with Crippen LogP contribution in [0.3, 0.4) is 0 Å². The number of tetrazole rings is 1. The molecule has 32 heavy (non-hydrogen) atoms. The van der Waals surface area contributed by atoms with Crippen LogP contribution in [0.4, 0.5) is 0 Å². The number of carbonyl (C=O) groups excluding carboxylic acids is 2. The Hall–Kier alpha value is -3.92. The predicted molar refractivity (Wildman–Crippen MR) is 111 cm³/mol. The molecule has 3 aromatic rings. The van der Waals surface area contributed by atoms with E-state index < -0.39 is 29.8 Å². The number of imide groups is 1. The lowest BCUT2D eigenvalue weighted by Crippen LogP contribution is -2.36. The Kier molecular flexibility index (Phi) is 6.04. The lowest BCUT2D eigenvalue weighted by atomic mass is 9.93. The minimum absolute atomic E-state index is 0.0276. The fraction of sp³-hybridized carbons (Fsp3) is 0.273. The average molecular weight is 435 g/mol. The molecule has 10 heteroatoms. The maximum Gasteiger partial charge on any atom is 0.309 e. The molecule has 0 radical (unpaired) electrons. The minimum Gasteiger partial charge on any atom is -0.481 e. The lowest BCUT2D eigenvalue weighted by Gasteiger charge is -2.22. The summed E-state index contributed by atoms with van der Waals surface area (Å²) < 4.78 is 1.51. The third kappa shape index (κ3) is 4.26. The number of hydrogen-bond acceptors (Lipinski definition) is 7. The Morgan fingerprint density at radius 2 is 1.62 bits per heavy atom. The van der Waals surface area contributed by atoms with E-state index in [1.807, 2.05) is 24.3 Å².